The normalized spacial score (nSPS) is 18.4. The van der Waals surface area contributed by atoms with E-state index in [1.54, 1.807) is 12.3 Å². The molecule has 2 saturated heterocycles. The molecule has 0 bridgehead atoms. The average molecular weight is 396 g/mol. The largest absolute Gasteiger partial charge is 0.354 e. The van der Waals surface area contributed by atoms with Crippen molar-refractivity contribution >= 4 is 17.3 Å². The summed E-state index contributed by atoms with van der Waals surface area (Å²) in [7, 11) is 0. The summed E-state index contributed by atoms with van der Waals surface area (Å²) in [5.74, 6) is -0.0933. The number of aryl methyl sites for hydroxylation is 1. The molecule has 0 saturated carbocycles. The highest BCUT2D eigenvalue weighted by molar-refractivity contribution is 5.92. The van der Waals surface area contributed by atoms with Gasteiger partial charge < -0.3 is 19.7 Å². The molecule has 6 heteroatoms. The zero-order valence-corrected chi connectivity index (χ0v) is 17.4. The number of benzene rings is 1. The van der Waals surface area contributed by atoms with Crippen molar-refractivity contribution in [2.45, 2.75) is 45.3 Å². The van der Waals surface area contributed by atoms with E-state index in [0.29, 0.717) is 50.8 Å². The number of aromatic nitrogens is 1. The molecule has 4 rings (SSSR count). The van der Waals surface area contributed by atoms with Crippen molar-refractivity contribution in [3.8, 4) is 0 Å². The minimum atomic E-state index is -0.473. The van der Waals surface area contributed by atoms with Crippen LogP contribution in [0.2, 0.25) is 0 Å². The summed E-state index contributed by atoms with van der Waals surface area (Å²) in [6.45, 7) is 9.00. The monoisotopic (exact) mass is 395 g/mol. The Morgan fingerprint density at radius 1 is 1.14 bits per heavy atom. The summed E-state index contributed by atoms with van der Waals surface area (Å²) in [4.78, 5) is 19.1. The van der Waals surface area contributed by atoms with Crippen molar-refractivity contribution in [3.05, 3.63) is 53.3 Å². The maximum absolute atomic E-state index is 12.8. The fraction of sp³-hybridized carbons (Fsp3) is 0.478. The SMILES string of the molecule is Cc1cccc(C(C)C)c1Nc1ccc(C(=O)N2CCC3(CC2)OCCO3)nc1. The second-order valence-corrected chi connectivity index (χ2v) is 8.15. The first kappa shape index (κ1) is 19.9. The number of hydrogen-bond acceptors (Lipinski definition) is 5. The van der Waals surface area contributed by atoms with E-state index in [1.165, 1.54) is 11.1 Å². The number of likely N-dealkylation sites (tertiary alicyclic amines) is 1. The van der Waals surface area contributed by atoms with Crippen LogP contribution in [0.1, 0.15) is 54.2 Å². The topological polar surface area (TPSA) is 63.7 Å². The number of nitrogens with one attached hydrogen (secondary N) is 1. The molecule has 1 spiro atoms. The highest BCUT2D eigenvalue weighted by atomic mass is 16.7. The standard InChI is InChI=1S/C23H29N3O3/c1-16(2)19-6-4-5-17(3)21(19)25-18-7-8-20(24-15-18)22(27)26-11-9-23(10-12-26)28-13-14-29-23/h4-8,15-16,25H,9-14H2,1-3H3. The molecule has 3 heterocycles. The van der Waals surface area contributed by atoms with E-state index < -0.39 is 5.79 Å². The molecule has 0 atom stereocenters. The molecular weight excluding hydrogens is 366 g/mol. The molecule has 0 aliphatic carbocycles. The molecule has 2 aliphatic heterocycles. The summed E-state index contributed by atoms with van der Waals surface area (Å²) in [6, 6.07) is 10.0. The van der Waals surface area contributed by atoms with Gasteiger partial charge in [-0.2, -0.15) is 0 Å². The molecule has 0 radical (unpaired) electrons. The van der Waals surface area contributed by atoms with Gasteiger partial charge in [0.25, 0.3) is 5.91 Å². The first-order valence-electron chi connectivity index (χ1n) is 10.4. The van der Waals surface area contributed by atoms with Crippen LogP contribution >= 0.6 is 0 Å². The van der Waals surface area contributed by atoms with Crippen molar-refractivity contribution < 1.29 is 14.3 Å². The molecule has 2 aromatic rings. The van der Waals surface area contributed by atoms with Crippen LogP contribution < -0.4 is 5.32 Å². The second-order valence-electron chi connectivity index (χ2n) is 8.15. The molecule has 6 nitrogen and oxygen atoms in total. The minimum Gasteiger partial charge on any atom is -0.354 e. The highest BCUT2D eigenvalue weighted by Gasteiger charge is 2.41. The molecule has 1 aromatic carbocycles. The number of rotatable bonds is 4. The van der Waals surface area contributed by atoms with Gasteiger partial charge in [0.15, 0.2) is 5.79 Å². The van der Waals surface area contributed by atoms with Gasteiger partial charge in [-0.25, -0.2) is 4.98 Å². The summed E-state index contributed by atoms with van der Waals surface area (Å²) >= 11 is 0. The lowest BCUT2D eigenvalue weighted by Crippen LogP contribution is -2.47. The smallest absolute Gasteiger partial charge is 0.272 e. The quantitative estimate of drug-likeness (QED) is 0.839. The first-order valence-corrected chi connectivity index (χ1v) is 10.4. The van der Waals surface area contributed by atoms with Crippen molar-refractivity contribution in [2.24, 2.45) is 0 Å². The van der Waals surface area contributed by atoms with Gasteiger partial charge in [0.05, 0.1) is 25.1 Å². The van der Waals surface area contributed by atoms with Gasteiger partial charge in [0.1, 0.15) is 5.69 Å². The van der Waals surface area contributed by atoms with Gasteiger partial charge in [0.2, 0.25) is 0 Å². The summed E-state index contributed by atoms with van der Waals surface area (Å²) in [6.07, 6.45) is 3.16. The van der Waals surface area contributed by atoms with Crippen LogP contribution in [-0.4, -0.2) is 47.9 Å². The van der Waals surface area contributed by atoms with Crippen LogP contribution in [0.4, 0.5) is 11.4 Å². The maximum atomic E-state index is 12.8. The Kier molecular flexibility index (Phi) is 5.56. The van der Waals surface area contributed by atoms with Crippen molar-refractivity contribution in [1.82, 2.24) is 9.88 Å². The zero-order chi connectivity index (χ0) is 20.4. The number of pyridine rings is 1. The van der Waals surface area contributed by atoms with Gasteiger partial charge in [-0.1, -0.05) is 32.0 Å². The second kappa shape index (κ2) is 8.13. The van der Waals surface area contributed by atoms with Gasteiger partial charge in [-0.05, 0) is 36.1 Å². The number of hydrogen-bond donors (Lipinski definition) is 1. The Hall–Kier alpha value is -2.44. The molecule has 1 N–H and O–H groups in total. The summed E-state index contributed by atoms with van der Waals surface area (Å²) in [5.41, 5.74) is 4.91. The lowest BCUT2D eigenvalue weighted by molar-refractivity contribution is -0.181. The Morgan fingerprint density at radius 2 is 1.86 bits per heavy atom. The molecule has 2 fully saturated rings. The third-order valence-electron chi connectivity index (χ3n) is 5.80. The molecule has 2 aliphatic rings. The fourth-order valence-corrected chi connectivity index (χ4v) is 4.08. The van der Waals surface area contributed by atoms with E-state index in [2.05, 4.69) is 49.3 Å². The lowest BCUT2D eigenvalue weighted by Gasteiger charge is -2.37. The molecule has 1 amide bonds. The minimum absolute atomic E-state index is 0.0387. The third kappa shape index (κ3) is 4.14. The molecule has 29 heavy (non-hydrogen) atoms. The van der Waals surface area contributed by atoms with Crippen molar-refractivity contribution in [3.63, 3.8) is 0 Å². The Bertz CT molecular complexity index is 863. The van der Waals surface area contributed by atoms with Crippen LogP contribution in [0.5, 0.6) is 0 Å². The summed E-state index contributed by atoms with van der Waals surface area (Å²) in [5, 5.41) is 3.48. The van der Waals surface area contributed by atoms with Gasteiger partial charge in [-0.3, -0.25) is 4.79 Å². The van der Waals surface area contributed by atoms with Crippen molar-refractivity contribution in [2.75, 3.05) is 31.6 Å². The third-order valence-corrected chi connectivity index (χ3v) is 5.80. The molecule has 154 valence electrons. The highest BCUT2D eigenvalue weighted by Crippen LogP contribution is 2.32. The lowest BCUT2D eigenvalue weighted by atomic mass is 9.98. The van der Waals surface area contributed by atoms with E-state index in [9.17, 15) is 4.79 Å². The number of nitrogens with zero attached hydrogens (tertiary/aromatic N) is 2. The van der Waals surface area contributed by atoms with Crippen LogP contribution in [0.25, 0.3) is 0 Å². The van der Waals surface area contributed by atoms with Crippen molar-refractivity contribution in [1.29, 1.82) is 0 Å². The number of anilines is 2. The molecule has 1 aromatic heterocycles. The van der Waals surface area contributed by atoms with E-state index in [4.69, 9.17) is 9.47 Å². The first-order chi connectivity index (χ1) is 14.0. The van der Waals surface area contributed by atoms with E-state index in [1.807, 2.05) is 11.0 Å². The number of carbonyl (C=O) groups is 1. The summed E-state index contributed by atoms with van der Waals surface area (Å²) < 4.78 is 11.5. The Balaban J connectivity index is 1.43. The van der Waals surface area contributed by atoms with E-state index in [-0.39, 0.29) is 5.91 Å². The van der Waals surface area contributed by atoms with Gasteiger partial charge in [0, 0.05) is 31.6 Å². The number of ether oxygens (including phenoxy) is 2. The Morgan fingerprint density at radius 3 is 2.48 bits per heavy atom. The number of piperidine rings is 1. The van der Waals surface area contributed by atoms with E-state index >= 15 is 0 Å². The number of para-hydroxylation sites is 1. The predicted octanol–water partition coefficient (Wildman–Crippen LogP) is 4.24. The van der Waals surface area contributed by atoms with Crippen LogP contribution in [0.15, 0.2) is 36.5 Å². The van der Waals surface area contributed by atoms with Crippen LogP contribution in [-0.2, 0) is 9.47 Å². The van der Waals surface area contributed by atoms with Gasteiger partial charge in [-0.15, -0.1) is 0 Å². The van der Waals surface area contributed by atoms with Crippen LogP contribution in [0.3, 0.4) is 0 Å². The molecule has 0 unspecified atom stereocenters. The predicted molar refractivity (Wildman–Crippen MR) is 113 cm³/mol. The van der Waals surface area contributed by atoms with E-state index in [0.717, 1.165) is 11.4 Å². The average Bonchev–Trinajstić information content (AvgIpc) is 3.18. The van der Waals surface area contributed by atoms with Crippen LogP contribution in [0, 0.1) is 6.92 Å². The molecular formula is C23H29N3O3. The zero-order valence-electron chi connectivity index (χ0n) is 17.4. The fourth-order valence-electron chi connectivity index (χ4n) is 4.08. The number of amides is 1. The Labute approximate surface area is 172 Å². The van der Waals surface area contributed by atoms with Gasteiger partial charge >= 0.3 is 0 Å². The number of carbonyl (C=O) groups excluding carboxylic acids is 1. The maximum Gasteiger partial charge on any atom is 0.272 e.